The summed E-state index contributed by atoms with van der Waals surface area (Å²) in [5.74, 6) is 1.30. The third-order valence-electron chi connectivity index (χ3n) is 5.52. The fraction of sp³-hybridized carbons (Fsp3) is 0.333. The molecule has 0 spiro atoms. The van der Waals surface area contributed by atoms with Crippen molar-refractivity contribution in [3.05, 3.63) is 63.7 Å². The van der Waals surface area contributed by atoms with E-state index in [4.69, 9.17) is 9.47 Å². The highest BCUT2D eigenvalue weighted by molar-refractivity contribution is 5.84. The van der Waals surface area contributed by atoms with E-state index < -0.39 is 0 Å². The SMILES string of the molecule is C=CCOc1c(OC)cc2c3c1-c1cc([N+](=O)[O-])ccc1CC3N(C)CC2. The lowest BCUT2D eigenvalue weighted by atomic mass is 9.76. The van der Waals surface area contributed by atoms with Crippen LogP contribution in [0.4, 0.5) is 5.69 Å². The predicted octanol–water partition coefficient (Wildman–Crippen LogP) is 3.92. The molecule has 0 saturated heterocycles. The van der Waals surface area contributed by atoms with Crippen molar-refractivity contribution in [1.29, 1.82) is 0 Å². The van der Waals surface area contributed by atoms with Gasteiger partial charge < -0.3 is 9.47 Å². The van der Waals surface area contributed by atoms with Gasteiger partial charge in [0.15, 0.2) is 11.5 Å². The molecule has 2 aliphatic rings. The molecule has 0 aromatic heterocycles. The minimum atomic E-state index is -0.352. The number of fused-ring (bicyclic) bond motifs is 2. The maximum atomic E-state index is 11.4. The van der Waals surface area contributed by atoms with Gasteiger partial charge in [0, 0.05) is 30.3 Å². The molecular formula is C21H22N2O4. The zero-order chi connectivity index (χ0) is 19.1. The van der Waals surface area contributed by atoms with E-state index >= 15 is 0 Å². The van der Waals surface area contributed by atoms with Crippen molar-refractivity contribution in [3.8, 4) is 22.6 Å². The molecule has 0 N–H and O–H groups in total. The fourth-order valence-electron chi connectivity index (χ4n) is 4.23. The van der Waals surface area contributed by atoms with Crippen molar-refractivity contribution < 1.29 is 14.4 Å². The first kappa shape index (κ1) is 17.5. The fourth-order valence-corrected chi connectivity index (χ4v) is 4.23. The summed E-state index contributed by atoms with van der Waals surface area (Å²) in [5.41, 5.74) is 5.40. The Morgan fingerprint density at radius 1 is 1.37 bits per heavy atom. The van der Waals surface area contributed by atoms with Gasteiger partial charge in [0.05, 0.1) is 12.0 Å². The number of nitro benzene ring substituents is 1. The van der Waals surface area contributed by atoms with E-state index in [-0.39, 0.29) is 16.7 Å². The molecule has 4 rings (SSSR count). The molecule has 1 aliphatic carbocycles. The lowest BCUT2D eigenvalue weighted by molar-refractivity contribution is -0.384. The van der Waals surface area contributed by atoms with Gasteiger partial charge in [-0.25, -0.2) is 0 Å². The van der Waals surface area contributed by atoms with Crippen LogP contribution >= 0.6 is 0 Å². The normalized spacial score (nSPS) is 17.6. The number of nitrogens with zero attached hydrogens (tertiary/aromatic N) is 2. The molecule has 1 unspecified atom stereocenters. The largest absolute Gasteiger partial charge is 0.493 e. The topological polar surface area (TPSA) is 64.8 Å². The minimum absolute atomic E-state index is 0.0857. The molecule has 0 saturated carbocycles. The van der Waals surface area contributed by atoms with E-state index in [1.165, 1.54) is 11.1 Å². The number of nitro groups is 1. The molecule has 2 aromatic carbocycles. The Morgan fingerprint density at radius 2 is 2.19 bits per heavy atom. The third-order valence-corrected chi connectivity index (χ3v) is 5.52. The van der Waals surface area contributed by atoms with Crippen molar-refractivity contribution >= 4 is 5.69 Å². The van der Waals surface area contributed by atoms with Gasteiger partial charge in [-0.15, -0.1) is 0 Å². The number of benzene rings is 2. The van der Waals surface area contributed by atoms with Crippen molar-refractivity contribution in [2.75, 3.05) is 27.3 Å². The van der Waals surface area contributed by atoms with Crippen LogP contribution in [-0.2, 0) is 12.8 Å². The van der Waals surface area contributed by atoms with Crippen molar-refractivity contribution in [1.82, 2.24) is 4.90 Å². The second-order valence-electron chi connectivity index (χ2n) is 7.00. The number of ether oxygens (including phenoxy) is 2. The van der Waals surface area contributed by atoms with Crippen LogP contribution < -0.4 is 9.47 Å². The van der Waals surface area contributed by atoms with E-state index in [9.17, 15) is 10.1 Å². The molecule has 27 heavy (non-hydrogen) atoms. The second-order valence-corrected chi connectivity index (χ2v) is 7.00. The molecule has 0 bridgehead atoms. The Labute approximate surface area is 158 Å². The maximum absolute atomic E-state index is 11.4. The summed E-state index contributed by atoms with van der Waals surface area (Å²) < 4.78 is 11.6. The summed E-state index contributed by atoms with van der Waals surface area (Å²) in [6, 6.07) is 7.40. The highest BCUT2D eigenvalue weighted by Crippen LogP contribution is 2.52. The highest BCUT2D eigenvalue weighted by Gasteiger charge is 2.36. The molecule has 140 valence electrons. The highest BCUT2D eigenvalue weighted by atomic mass is 16.6. The Balaban J connectivity index is 2.04. The molecule has 0 radical (unpaired) electrons. The van der Waals surface area contributed by atoms with Crippen LogP contribution in [0, 0.1) is 10.1 Å². The van der Waals surface area contributed by atoms with E-state index in [1.807, 2.05) is 6.07 Å². The van der Waals surface area contributed by atoms with E-state index in [0.717, 1.165) is 36.1 Å². The molecule has 6 nitrogen and oxygen atoms in total. The summed E-state index contributed by atoms with van der Waals surface area (Å²) >= 11 is 0. The zero-order valence-electron chi connectivity index (χ0n) is 15.5. The number of non-ortho nitro benzene ring substituents is 1. The number of likely N-dealkylation sites (N-methyl/N-ethyl adjacent to an activating group) is 1. The average Bonchev–Trinajstić information content (AvgIpc) is 2.68. The van der Waals surface area contributed by atoms with Crippen molar-refractivity contribution in [2.24, 2.45) is 0 Å². The zero-order valence-corrected chi connectivity index (χ0v) is 15.5. The van der Waals surface area contributed by atoms with Gasteiger partial charge in [0.25, 0.3) is 5.69 Å². The van der Waals surface area contributed by atoms with Gasteiger partial charge in [0.2, 0.25) is 0 Å². The molecule has 1 aliphatic heterocycles. The molecule has 1 heterocycles. The van der Waals surface area contributed by atoms with Gasteiger partial charge in [-0.2, -0.15) is 0 Å². The van der Waals surface area contributed by atoms with Gasteiger partial charge in [-0.1, -0.05) is 18.7 Å². The first-order valence-corrected chi connectivity index (χ1v) is 9.00. The maximum Gasteiger partial charge on any atom is 0.270 e. The van der Waals surface area contributed by atoms with Crippen LogP contribution in [0.3, 0.4) is 0 Å². The molecule has 0 fully saturated rings. The summed E-state index contributed by atoms with van der Waals surface area (Å²) in [6.07, 6.45) is 3.43. The summed E-state index contributed by atoms with van der Waals surface area (Å²) in [4.78, 5) is 13.4. The Bertz CT molecular complexity index is 938. The molecule has 2 aromatic rings. The molecule has 1 atom stereocenters. The van der Waals surface area contributed by atoms with E-state index in [0.29, 0.717) is 18.1 Å². The quantitative estimate of drug-likeness (QED) is 0.456. The minimum Gasteiger partial charge on any atom is -0.493 e. The second kappa shape index (κ2) is 6.70. The van der Waals surface area contributed by atoms with Crippen molar-refractivity contribution in [2.45, 2.75) is 18.9 Å². The summed E-state index contributed by atoms with van der Waals surface area (Å²) in [7, 11) is 3.75. The van der Waals surface area contributed by atoms with Crippen LogP contribution in [0.1, 0.15) is 22.7 Å². The lowest BCUT2D eigenvalue weighted by Gasteiger charge is -2.40. The summed E-state index contributed by atoms with van der Waals surface area (Å²) in [5, 5.41) is 11.4. The van der Waals surface area contributed by atoms with E-state index in [2.05, 4.69) is 24.6 Å². The van der Waals surface area contributed by atoms with Crippen molar-refractivity contribution in [3.63, 3.8) is 0 Å². The van der Waals surface area contributed by atoms with Gasteiger partial charge in [-0.3, -0.25) is 15.0 Å². The van der Waals surface area contributed by atoms with E-state index in [1.54, 1.807) is 25.3 Å². The Hall–Kier alpha value is -2.86. The van der Waals surface area contributed by atoms with Crippen LogP contribution in [0.15, 0.2) is 36.9 Å². The van der Waals surface area contributed by atoms with Gasteiger partial charge in [-0.05, 0) is 48.2 Å². The Kier molecular flexibility index (Phi) is 4.36. The standard InChI is InChI=1S/C21H22N2O4/c1-4-9-27-21-18(26-3)11-14-7-8-22(2)17-10-13-5-6-15(23(24)25)12-16(13)20(21)19(14)17/h4-6,11-12,17H,1,7-10H2,2-3H3. The first-order valence-electron chi connectivity index (χ1n) is 9.00. The monoisotopic (exact) mass is 366 g/mol. The number of methoxy groups -OCH3 is 1. The molecular weight excluding hydrogens is 344 g/mol. The molecule has 0 amide bonds. The van der Waals surface area contributed by atoms with Crippen LogP contribution in [0.2, 0.25) is 0 Å². The number of hydrogen-bond acceptors (Lipinski definition) is 5. The lowest BCUT2D eigenvalue weighted by Crippen LogP contribution is -2.35. The first-order chi connectivity index (χ1) is 13.0. The number of rotatable bonds is 5. The predicted molar refractivity (Wildman–Crippen MR) is 104 cm³/mol. The smallest absolute Gasteiger partial charge is 0.270 e. The van der Waals surface area contributed by atoms with Crippen LogP contribution in [0.25, 0.3) is 11.1 Å². The average molecular weight is 366 g/mol. The third kappa shape index (κ3) is 2.77. The summed E-state index contributed by atoms with van der Waals surface area (Å²) in [6.45, 7) is 5.04. The number of hydrogen-bond donors (Lipinski definition) is 0. The van der Waals surface area contributed by atoms with Crippen LogP contribution in [-0.4, -0.2) is 37.1 Å². The Morgan fingerprint density at radius 3 is 2.89 bits per heavy atom. The molecule has 6 heteroatoms. The van der Waals surface area contributed by atoms with Gasteiger partial charge in [0.1, 0.15) is 6.61 Å². The van der Waals surface area contributed by atoms with Crippen LogP contribution in [0.5, 0.6) is 11.5 Å². The van der Waals surface area contributed by atoms with Gasteiger partial charge >= 0.3 is 0 Å².